The Morgan fingerprint density at radius 3 is 2.53 bits per heavy atom. The summed E-state index contributed by atoms with van der Waals surface area (Å²) >= 11 is 1.20. The van der Waals surface area contributed by atoms with E-state index >= 15 is 0 Å². The molecule has 0 spiro atoms. The van der Waals surface area contributed by atoms with Gasteiger partial charge in [-0.1, -0.05) is 24.3 Å². The summed E-state index contributed by atoms with van der Waals surface area (Å²) in [5.41, 5.74) is 0.424. The molecule has 0 bridgehead atoms. The van der Waals surface area contributed by atoms with Crippen LogP contribution in [-0.2, 0) is 21.2 Å². The number of pyridine rings is 1. The van der Waals surface area contributed by atoms with Crippen LogP contribution in [0.4, 0.5) is 0 Å². The highest BCUT2D eigenvalue weighted by molar-refractivity contribution is 7.91. The van der Waals surface area contributed by atoms with Gasteiger partial charge in [-0.3, -0.25) is 4.98 Å². The highest BCUT2D eigenvalue weighted by Crippen LogP contribution is 2.31. The molecule has 0 amide bonds. The zero-order chi connectivity index (χ0) is 24.8. The van der Waals surface area contributed by atoms with Crippen molar-refractivity contribution in [2.45, 2.75) is 36.5 Å². The van der Waals surface area contributed by atoms with Crippen LogP contribution >= 0.6 is 11.3 Å². The number of hydrogen-bond donors (Lipinski definition) is 1. The summed E-state index contributed by atoms with van der Waals surface area (Å²) in [7, 11) is -3.66. The van der Waals surface area contributed by atoms with E-state index in [0.717, 1.165) is 16.1 Å². The molecule has 0 aliphatic rings. The molecular weight excluding hydrogens is 472 g/mol. The summed E-state index contributed by atoms with van der Waals surface area (Å²) in [6.07, 6.45) is 4.54. The highest BCUT2D eigenvalue weighted by atomic mass is 32.2. The van der Waals surface area contributed by atoms with E-state index in [4.69, 9.17) is 4.74 Å². The van der Waals surface area contributed by atoms with E-state index in [2.05, 4.69) is 11.6 Å². The van der Waals surface area contributed by atoms with Crippen molar-refractivity contribution in [2.75, 3.05) is 13.1 Å². The number of carboxylic acid groups (broad SMARTS) is 1. The second kappa shape index (κ2) is 10.9. The number of sulfonamides is 1. The number of nitrogens with zero attached hydrogens (tertiary/aromatic N) is 2. The first-order valence-corrected chi connectivity index (χ1v) is 13.0. The van der Waals surface area contributed by atoms with Gasteiger partial charge >= 0.3 is 5.97 Å². The van der Waals surface area contributed by atoms with Gasteiger partial charge in [0.25, 0.3) is 10.0 Å². The molecule has 0 aliphatic heterocycles. The Morgan fingerprint density at radius 1 is 1.18 bits per heavy atom. The third kappa shape index (κ3) is 6.31. The Hall–Kier alpha value is -3.01. The van der Waals surface area contributed by atoms with Crippen LogP contribution in [0.2, 0.25) is 0 Å². The number of ether oxygens (including phenoxy) is 1. The van der Waals surface area contributed by atoms with Gasteiger partial charge in [-0.25, -0.2) is 13.2 Å². The minimum Gasteiger partial charge on any atom is -0.478 e. The van der Waals surface area contributed by atoms with Crippen LogP contribution in [0.3, 0.4) is 0 Å². The molecule has 0 atom stereocenters. The van der Waals surface area contributed by atoms with Gasteiger partial charge in [-0.05, 0) is 68.7 Å². The van der Waals surface area contributed by atoms with Crippen molar-refractivity contribution in [1.82, 2.24) is 9.29 Å². The minimum absolute atomic E-state index is 0.218. The van der Waals surface area contributed by atoms with Crippen molar-refractivity contribution in [3.05, 3.63) is 79.0 Å². The highest BCUT2D eigenvalue weighted by Gasteiger charge is 2.29. The van der Waals surface area contributed by atoms with Gasteiger partial charge in [0.15, 0.2) is 5.60 Å². The maximum atomic E-state index is 13.2. The minimum atomic E-state index is -3.66. The lowest BCUT2D eigenvalue weighted by atomic mass is 10.1. The van der Waals surface area contributed by atoms with Crippen molar-refractivity contribution >= 4 is 27.3 Å². The Labute approximate surface area is 204 Å². The molecule has 0 fully saturated rings. The van der Waals surface area contributed by atoms with Crippen molar-refractivity contribution in [1.29, 1.82) is 0 Å². The average molecular weight is 501 g/mol. The lowest BCUT2D eigenvalue weighted by molar-refractivity contribution is -0.152. The molecule has 1 N–H and O–H groups in total. The molecule has 0 saturated heterocycles. The number of hydrogen-bond acceptors (Lipinski definition) is 6. The summed E-state index contributed by atoms with van der Waals surface area (Å²) in [4.78, 5) is 16.3. The van der Waals surface area contributed by atoms with Gasteiger partial charge < -0.3 is 9.84 Å². The molecule has 34 heavy (non-hydrogen) atoms. The summed E-state index contributed by atoms with van der Waals surface area (Å²) in [5, 5.41) is 9.19. The number of aliphatic carboxylic acids is 1. The van der Waals surface area contributed by atoms with E-state index < -0.39 is 21.6 Å². The Morgan fingerprint density at radius 2 is 1.91 bits per heavy atom. The first kappa shape index (κ1) is 25.6. The fourth-order valence-corrected chi connectivity index (χ4v) is 6.09. The Bertz CT molecular complexity index is 1220. The molecule has 0 unspecified atom stereocenters. The van der Waals surface area contributed by atoms with Gasteiger partial charge in [0, 0.05) is 19.3 Å². The third-order valence-corrected chi connectivity index (χ3v) is 8.55. The van der Waals surface area contributed by atoms with Gasteiger partial charge in [0.1, 0.15) is 9.96 Å². The molecule has 2 aromatic heterocycles. The number of aromatic nitrogens is 1. The molecule has 9 heteroatoms. The number of carbonyl (C=O) groups is 1. The van der Waals surface area contributed by atoms with Crippen LogP contribution in [0.1, 0.15) is 25.8 Å². The van der Waals surface area contributed by atoms with Crippen molar-refractivity contribution in [3.8, 4) is 16.3 Å². The second-order valence-corrected chi connectivity index (χ2v) is 11.4. The van der Waals surface area contributed by atoms with Crippen LogP contribution in [0.5, 0.6) is 5.75 Å². The zero-order valence-corrected chi connectivity index (χ0v) is 20.8. The fourth-order valence-electron chi connectivity index (χ4n) is 3.21. The van der Waals surface area contributed by atoms with Crippen molar-refractivity contribution < 1.29 is 23.1 Å². The molecule has 0 aliphatic carbocycles. The second-order valence-electron chi connectivity index (χ2n) is 8.15. The average Bonchev–Trinajstić information content (AvgIpc) is 3.31. The molecule has 0 saturated carbocycles. The summed E-state index contributed by atoms with van der Waals surface area (Å²) in [6, 6.07) is 16.1. The number of rotatable bonds is 12. The van der Waals surface area contributed by atoms with Gasteiger partial charge in [0.05, 0.1) is 10.6 Å². The van der Waals surface area contributed by atoms with Gasteiger partial charge in [-0.2, -0.15) is 4.31 Å². The molecule has 0 radical (unpaired) electrons. The molecule has 7 nitrogen and oxygen atoms in total. The molecule has 180 valence electrons. The predicted molar refractivity (Wildman–Crippen MR) is 134 cm³/mol. The van der Waals surface area contributed by atoms with Crippen molar-refractivity contribution in [2.24, 2.45) is 0 Å². The summed E-state index contributed by atoms with van der Waals surface area (Å²) in [5.74, 6) is -0.577. The first-order chi connectivity index (χ1) is 16.1. The van der Waals surface area contributed by atoms with E-state index in [1.54, 1.807) is 36.5 Å². The topological polar surface area (TPSA) is 96.8 Å². The first-order valence-electron chi connectivity index (χ1n) is 10.8. The molecular formula is C25H28N2O5S2. The fraction of sp³-hybridized carbons (Fsp3) is 0.280. The number of thiophene rings is 1. The summed E-state index contributed by atoms with van der Waals surface area (Å²) < 4.78 is 33.7. The van der Waals surface area contributed by atoms with Crippen LogP contribution in [0, 0.1) is 0 Å². The SMILES string of the molecule is C=CCN(CCCc1ccc(OC(C)(C)C(=O)O)cc1)S(=O)(=O)c1ccc(-c2ccccn2)s1. The number of carboxylic acids is 1. The van der Waals surface area contributed by atoms with Crippen LogP contribution in [0.15, 0.2) is 77.7 Å². The molecule has 2 heterocycles. The maximum Gasteiger partial charge on any atom is 0.347 e. The maximum absolute atomic E-state index is 13.2. The van der Waals surface area contributed by atoms with E-state index in [1.165, 1.54) is 29.5 Å². The quantitative estimate of drug-likeness (QED) is 0.357. The number of benzene rings is 1. The van der Waals surface area contributed by atoms with Gasteiger partial charge in [-0.15, -0.1) is 17.9 Å². The number of aryl methyl sites for hydroxylation is 1. The monoisotopic (exact) mass is 500 g/mol. The van der Waals surface area contributed by atoms with E-state index in [9.17, 15) is 18.3 Å². The van der Waals surface area contributed by atoms with E-state index in [-0.39, 0.29) is 10.8 Å². The lowest BCUT2D eigenvalue weighted by Crippen LogP contribution is -2.37. The van der Waals surface area contributed by atoms with Crippen LogP contribution in [-0.4, -0.2) is 47.5 Å². The van der Waals surface area contributed by atoms with E-state index in [1.807, 2.05) is 30.3 Å². The predicted octanol–water partition coefficient (Wildman–Crippen LogP) is 4.86. The summed E-state index contributed by atoms with van der Waals surface area (Å²) in [6.45, 7) is 7.25. The van der Waals surface area contributed by atoms with Gasteiger partial charge in [0.2, 0.25) is 0 Å². The largest absolute Gasteiger partial charge is 0.478 e. The van der Waals surface area contributed by atoms with Crippen LogP contribution in [0.25, 0.3) is 10.6 Å². The smallest absolute Gasteiger partial charge is 0.347 e. The third-order valence-electron chi connectivity index (χ3n) is 5.11. The molecule has 1 aromatic carbocycles. The van der Waals surface area contributed by atoms with E-state index in [0.29, 0.717) is 25.1 Å². The zero-order valence-electron chi connectivity index (χ0n) is 19.2. The van der Waals surface area contributed by atoms with Crippen LogP contribution < -0.4 is 4.74 Å². The lowest BCUT2D eigenvalue weighted by Gasteiger charge is -2.21. The molecule has 3 aromatic rings. The standard InChI is InChI=1S/C25H28N2O5S2/c1-4-17-27(34(30,31)23-15-14-22(33-23)21-9-5-6-16-26-21)18-7-8-19-10-12-20(13-11-19)32-25(2,3)24(28)29/h4-6,9-16H,1,7-8,17-18H2,2-3H3,(H,28,29). The normalized spacial score (nSPS) is 12.0. The Balaban J connectivity index is 1.63. The molecule has 3 rings (SSSR count). The van der Waals surface area contributed by atoms with Crippen molar-refractivity contribution in [3.63, 3.8) is 0 Å². The Kier molecular flexibility index (Phi) is 8.24.